The summed E-state index contributed by atoms with van der Waals surface area (Å²) in [5, 5.41) is 5.13. The van der Waals surface area contributed by atoms with Gasteiger partial charge in [0.15, 0.2) is 0 Å². The second-order valence-electron chi connectivity index (χ2n) is 8.01. The van der Waals surface area contributed by atoms with Gasteiger partial charge < -0.3 is 14.6 Å². The Labute approximate surface area is 196 Å². The lowest BCUT2D eigenvalue weighted by atomic mass is 10.1. The normalized spacial score (nSPS) is 11.1. The highest BCUT2D eigenvalue weighted by Crippen LogP contribution is 2.25. The molecular formula is C28H24FN3O2. The summed E-state index contributed by atoms with van der Waals surface area (Å²) in [4.78, 5) is 17.1. The molecule has 6 heteroatoms. The molecule has 0 aliphatic rings. The number of imidazole rings is 1. The first-order chi connectivity index (χ1) is 16.7. The maximum Gasteiger partial charge on any atom is 0.251 e. The van der Waals surface area contributed by atoms with Gasteiger partial charge in [-0.25, -0.2) is 9.37 Å². The summed E-state index contributed by atoms with van der Waals surface area (Å²) < 4.78 is 21.4. The average molecular weight is 454 g/mol. The van der Waals surface area contributed by atoms with E-state index in [1.807, 2.05) is 48.5 Å². The Morgan fingerprint density at radius 2 is 1.68 bits per heavy atom. The monoisotopic (exact) mass is 453 g/mol. The molecule has 1 aromatic heterocycles. The third-order valence-electron chi connectivity index (χ3n) is 5.80. The zero-order valence-electron chi connectivity index (χ0n) is 18.6. The van der Waals surface area contributed by atoms with Crippen LogP contribution >= 0.6 is 0 Å². The Balaban J connectivity index is 1.28. The topological polar surface area (TPSA) is 56.2 Å². The van der Waals surface area contributed by atoms with Crippen LogP contribution in [0.15, 0.2) is 91.0 Å². The van der Waals surface area contributed by atoms with Gasteiger partial charge in [0.2, 0.25) is 0 Å². The van der Waals surface area contributed by atoms with E-state index in [1.165, 1.54) is 24.3 Å². The highest BCUT2D eigenvalue weighted by atomic mass is 19.1. The number of nitrogens with one attached hydrogen (secondary N) is 1. The van der Waals surface area contributed by atoms with E-state index < -0.39 is 0 Å². The molecule has 1 amide bonds. The predicted octanol–water partition coefficient (Wildman–Crippen LogP) is 5.38. The van der Waals surface area contributed by atoms with Gasteiger partial charge in [0.05, 0.1) is 17.6 Å². The third kappa shape index (κ3) is 4.62. The molecule has 1 N–H and O–H groups in total. The Kier molecular flexibility index (Phi) is 6.21. The Morgan fingerprint density at radius 3 is 2.56 bits per heavy atom. The van der Waals surface area contributed by atoms with Gasteiger partial charge in [-0.15, -0.1) is 0 Å². The minimum absolute atomic E-state index is 0.234. The SMILES string of the molecule is O=C(NCCc1nc2ccccc2n1CCOc1cccc2ccccc12)c1ccc(F)cc1. The van der Waals surface area contributed by atoms with Gasteiger partial charge in [0.1, 0.15) is 24.0 Å². The van der Waals surface area contributed by atoms with Crippen LogP contribution in [-0.4, -0.2) is 28.6 Å². The molecule has 1 heterocycles. The molecule has 0 atom stereocenters. The van der Waals surface area contributed by atoms with Crippen LogP contribution in [-0.2, 0) is 13.0 Å². The van der Waals surface area contributed by atoms with E-state index in [-0.39, 0.29) is 11.7 Å². The van der Waals surface area contributed by atoms with E-state index in [0.717, 1.165) is 33.4 Å². The van der Waals surface area contributed by atoms with Gasteiger partial charge in [0.25, 0.3) is 5.91 Å². The van der Waals surface area contributed by atoms with Crippen molar-refractivity contribution >= 4 is 27.7 Å². The van der Waals surface area contributed by atoms with Crippen LogP contribution in [0.25, 0.3) is 21.8 Å². The molecule has 34 heavy (non-hydrogen) atoms. The van der Waals surface area contributed by atoms with Crippen LogP contribution in [0.2, 0.25) is 0 Å². The van der Waals surface area contributed by atoms with E-state index in [0.29, 0.717) is 31.7 Å². The second-order valence-corrected chi connectivity index (χ2v) is 8.01. The molecule has 0 radical (unpaired) electrons. The van der Waals surface area contributed by atoms with Gasteiger partial charge >= 0.3 is 0 Å². The standard InChI is InChI=1S/C28H24FN3O2/c29-22-14-12-21(13-15-22)28(33)30-17-16-27-31-24-9-3-4-10-25(24)32(27)18-19-34-26-11-5-7-20-6-1-2-8-23(20)26/h1-15H,16-19H2,(H,30,33). The maximum atomic E-state index is 13.1. The van der Waals surface area contributed by atoms with Gasteiger partial charge in [-0.3, -0.25) is 4.79 Å². The number of hydrogen-bond acceptors (Lipinski definition) is 3. The van der Waals surface area contributed by atoms with Crippen molar-refractivity contribution in [2.24, 2.45) is 0 Å². The lowest BCUT2D eigenvalue weighted by molar-refractivity contribution is 0.0954. The highest BCUT2D eigenvalue weighted by Gasteiger charge is 2.12. The number of para-hydroxylation sites is 2. The largest absolute Gasteiger partial charge is 0.491 e. The van der Waals surface area contributed by atoms with Gasteiger partial charge in [0, 0.05) is 23.9 Å². The first kappa shape index (κ1) is 21.6. The van der Waals surface area contributed by atoms with Crippen LogP contribution in [0.5, 0.6) is 5.75 Å². The van der Waals surface area contributed by atoms with Crippen molar-refractivity contribution in [3.05, 3.63) is 108 Å². The lowest BCUT2D eigenvalue weighted by Crippen LogP contribution is -2.26. The molecule has 0 aliphatic carbocycles. The fourth-order valence-electron chi connectivity index (χ4n) is 4.13. The first-order valence-corrected chi connectivity index (χ1v) is 11.3. The molecule has 0 bridgehead atoms. The molecule has 170 valence electrons. The number of ether oxygens (including phenoxy) is 1. The van der Waals surface area contributed by atoms with Gasteiger partial charge in [-0.1, -0.05) is 48.5 Å². The highest BCUT2D eigenvalue weighted by molar-refractivity contribution is 5.94. The fourth-order valence-corrected chi connectivity index (χ4v) is 4.13. The van der Waals surface area contributed by atoms with E-state index in [9.17, 15) is 9.18 Å². The fraction of sp³-hybridized carbons (Fsp3) is 0.143. The summed E-state index contributed by atoms with van der Waals surface area (Å²) in [5.41, 5.74) is 2.37. The van der Waals surface area contributed by atoms with Crippen molar-refractivity contribution in [1.29, 1.82) is 0 Å². The molecule has 0 aliphatic heterocycles. The van der Waals surface area contributed by atoms with Crippen molar-refractivity contribution in [1.82, 2.24) is 14.9 Å². The molecule has 5 aromatic rings. The number of benzene rings is 4. The molecular weight excluding hydrogens is 429 g/mol. The number of carbonyl (C=O) groups is 1. The van der Waals surface area contributed by atoms with Crippen LogP contribution < -0.4 is 10.1 Å². The summed E-state index contributed by atoms with van der Waals surface area (Å²) in [5.74, 6) is 1.13. The van der Waals surface area contributed by atoms with E-state index >= 15 is 0 Å². The van der Waals surface area contributed by atoms with Crippen LogP contribution in [0.3, 0.4) is 0 Å². The third-order valence-corrected chi connectivity index (χ3v) is 5.80. The molecule has 0 unspecified atom stereocenters. The summed E-state index contributed by atoms with van der Waals surface area (Å²) >= 11 is 0. The number of rotatable bonds is 8. The van der Waals surface area contributed by atoms with Crippen molar-refractivity contribution < 1.29 is 13.9 Å². The molecule has 5 nitrogen and oxygen atoms in total. The quantitative estimate of drug-likeness (QED) is 0.343. The van der Waals surface area contributed by atoms with E-state index in [2.05, 4.69) is 28.1 Å². The van der Waals surface area contributed by atoms with Crippen LogP contribution in [0, 0.1) is 5.82 Å². The number of halogens is 1. The Hall–Kier alpha value is -4.19. The first-order valence-electron chi connectivity index (χ1n) is 11.3. The summed E-state index contributed by atoms with van der Waals surface area (Å²) in [6.45, 7) is 1.54. The van der Waals surface area contributed by atoms with Gasteiger partial charge in [-0.2, -0.15) is 0 Å². The number of hydrogen-bond donors (Lipinski definition) is 1. The minimum atomic E-state index is -0.365. The predicted molar refractivity (Wildman–Crippen MR) is 132 cm³/mol. The zero-order chi connectivity index (χ0) is 23.3. The summed E-state index contributed by atoms with van der Waals surface area (Å²) in [6, 6.07) is 27.7. The van der Waals surface area contributed by atoms with Crippen molar-refractivity contribution in [3.8, 4) is 5.75 Å². The van der Waals surface area contributed by atoms with Gasteiger partial charge in [-0.05, 0) is 47.9 Å². The Bertz CT molecular complexity index is 1440. The zero-order valence-corrected chi connectivity index (χ0v) is 18.6. The van der Waals surface area contributed by atoms with E-state index in [1.54, 1.807) is 0 Å². The molecule has 0 fully saturated rings. The summed E-state index contributed by atoms with van der Waals surface area (Å²) in [6.07, 6.45) is 0.565. The number of nitrogens with zero attached hydrogens (tertiary/aromatic N) is 2. The van der Waals surface area contributed by atoms with Crippen LogP contribution in [0.4, 0.5) is 4.39 Å². The second kappa shape index (κ2) is 9.75. The molecule has 5 rings (SSSR count). The number of aromatic nitrogens is 2. The van der Waals surface area contributed by atoms with Crippen molar-refractivity contribution in [2.75, 3.05) is 13.2 Å². The lowest BCUT2D eigenvalue weighted by Gasteiger charge is -2.13. The van der Waals surface area contributed by atoms with Crippen LogP contribution in [0.1, 0.15) is 16.2 Å². The molecule has 4 aromatic carbocycles. The molecule has 0 saturated heterocycles. The Morgan fingerprint density at radius 1 is 0.912 bits per heavy atom. The van der Waals surface area contributed by atoms with E-state index in [4.69, 9.17) is 9.72 Å². The molecule has 0 saturated carbocycles. The van der Waals surface area contributed by atoms with Crippen molar-refractivity contribution in [3.63, 3.8) is 0 Å². The maximum absolute atomic E-state index is 13.1. The molecule has 0 spiro atoms. The van der Waals surface area contributed by atoms with Crippen molar-refractivity contribution in [2.45, 2.75) is 13.0 Å². The summed E-state index contributed by atoms with van der Waals surface area (Å²) in [7, 11) is 0. The smallest absolute Gasteiger partial charge is 0.251 e. The number of amides is 1. The minimum Gasteiger partial charge on any atom is -0.491 e. The average Bonchev–Trinajstić information content (AvgIpc) is 3.22. The number of carbonyl (C=O) groups excluding carboxylic acids is 1. The number of fused-ring (bicyclic) bond motifs is 2.